The van der Waals surface area contributed by atoms with Gasteiger partial charge in [0.15, 0.2) is 0 Å². The highest BCUT2D eigenvalue weighted by molar-refractivity contribution is 5.78. The van der Waals surface area contributed by atoms with Crippen LogP contribution in [0.2, 0.25) is 0 Å². The summed E-state index contributed by atoms with van der Waals surface area (Å²) >= 11 is 0. The maximum atomic E-state index is 5.96. The van der Waals surface area contributed by atoms with Crippen molar-refractivity contribution in [3.8, 4) is 17.1 Å². The Bertz CT molecular complexity index is 1320. The van der Waals surface area contributed by atoms with E-state index in [4.69, 9.17) is 4.74 Å². The van der Waals surface area contributed by atoms with E-state index in [1.165, 1.54) is 11.1 Å². The van der Waals surface area contributed by atoms with Crippen LogP contribution in [-0.2, 0) is 13.0 Å². The molecule has 6 nitrogen and oxygen atoms in total. The summed E-state index contributed by atoms with van der Waals surface area (Å²) in [7, 11) is 0. The van der Waals surface area contributed by atoms with Crippen molar-refractivity contribution in [2.45, 2.75) is 25.9 Å². The topological polar surface area (TPSA) is 76.6 Å². The molecule has 0 fully saturated rings. The fourth-order valence-electron chi connectivity index (χ4n) is 3.81. The van der Waals surface area contributed by atoms with E-state index in [0.717, 1.165) is 34.3 Å². The molecule has 0 aliphatic rings. The molecule has 32 heavy (non-hydrogen) atoms. The number of ether oxygens (including phenoxy) is 1. The van der Waals surface area contributed by atoms with Crippen molar-refractivity contribution < 1.29 is 4.74 Å². The van der Waals surface area contributed by atoms with E-state index in [1.807, 2.05) is 48.5 Å². The average Bonchev–Trinajstić information content (AvgIpc) is 3.39. The van der Waals surface area contributed by atoms with Crippen molar-refractivity contribution in [2.24, 2.45) is 0 Å². The summed E-state index contributed by atoms with van der Waals surface area (Å²) in [5.41, 5.74) is 5.38. The van der Waals surface area contributed by atoms with E-state index in [9.17, 15) is 0 Å². The van der Waals surface area contributed by atoms with Crippen LogP contribution in [0.15, 0.2) is 84.9 Å². The molecule has 0 aliphatic heterocycles. The quantitative estimate of drug-likeness (QED) is 0.384. The number of aromatic nitrogens is 5. The van der Waals surface area contributed by atoms with Crippen molar-refractivity contribution in [3.63, 3.8) is 0 Å². The molecule has 0 radical (unpaired) electrons. The SMILES string of the molecule is CC(Cc1ccc(OCc2ccc3ccccc3n2)cc1)c1cccc(-c2nn[nH]n2)c1. The lowest BCUT2D eigenvalue weighted by Crippen LogP contribution is -2.00. The van der Waals surface area contributed by atoms with Gasteiger partial charge in [-0.2, -0.15) is 5.21 Å². The van der Waals surface area contributed by atoms with Crippen molar-refractivity contribution in [1.29, 1.82) is 0 Å². The Labute approximate surface area is 186 Å². The number of fused-ring (bicyclic) bond motifs is 1. The molecule has 0 amide bonds. The van der Waals surface area contributed by atoms with Gasteiger partial charge in [-0.25, -0.2) is 4.98 Å². The molecular weight excluding hydrogens is 398 g/mol. The number of tetrazole rings is 1. The summed E-state index contributed by atoms with van der Waals surface area (Å²) < 4.78 is 5.96. The zero-order valence-corrected chi connectivity index (χ0v) is 17.8. The van der Waals surface area contributed by atoms with Crippen molar-refractivity contribution in [1.82, 2.24) is 25.6 Å². The summed E-state index contributed by atoms with van der Waals surface area (Å²) in [4.78, 5) is 4.67. The Kier molecular flexibility index (Phi) is 5.58. The molecule has 1 unspecified atom stereocenters. The van der Waals surface area contributed by atoms with Gasteiger partial charge in [0, 0.05) is 10.9 Å². The maximum Gasteiger partial charge on any atom is 0.204 e. The lowest BCUT2D eigenvalue weighted by Gasteiger charge is -2.13. The molecule has 5 aromatic rings. The summed E-state index contributed by atoms with van der Waals surface area (Å²) in [5.74, 6) is 1.81. The molecule has 0 bridgehead atoms. The molecule has 0 aliphatic carbocycles. The van der Waals surface area contributed by atoms with Gasteiger partial charge < -0.3 is 4.74 Å². The molecular formula is C26H23N5O. The van der Waals surface area contributed by atoms with Crippen LogP contribution in [0.5, 0.6) is 5.75 Å². The van der Waals surface area contributed by atoms with Gasteiger partial charge in [0.1, 0.15) is 12.4 Å². The first kappa shape index (κ1) is 19.9. The van der Waals surface area contributed by atoms with E-state index in [-0.39, 0.29) is 0 Å². The Hall–Kier alpha value is -4.06. The first-order chi connectivity index (χ1) is 15.7. The monoisotopic (exact) mass is 421 g/mol. The number of aromatic amines is 1. The smallest absolute Gasteiger partial charge is 0.204 e. The van der Waals surface area contributed by atoms with Crippen LogP contribution in [-0.4, -0.2) is 25.6 Å². The highest BCUT2D eigenvalue weighted by Crippen LogP contribution is 2.25. The van der Waals surface area contributed by atoms with Gasteiger partial charge in [-0.1, -0.05) is 61.5 Å². The Morgan fingerprint density at radius 1 is 0.906 bits per heavy atom. The third kappa shape index (κ3) is 4.49. The number of nitrogens with zero attached hydrogens (tertiary/aromatic N) is 4. The van der Waals surface area contributed by atoms with E-state index in [2.05, 4.69) is 68.9 Å². The Morgan fingerprint density at radius 3 is 2.62 bits per heavy atom. The van der Waals surface area contributed by atoms with Crippen LogP contribution in [0.25, 0.3) is 22.3 Å². The van der Waals surface area contributed by atoms with Crippen molar-refractivity contribution in [3.05, 3.63) is 102 Å². The van der Waals surface area contributed by atoms with Gasteiger partial charge in [-0.15, -0.1) is 10.2 Å². The number of pyridine rings is 1. The van der Waals surface area contributed by atoms with Crippen LogP contribution in [0.1, 0.15) is 29.7 Å². The number of rotatable bonds is 7. The minimum Gasteiger partial charge on any atom is -0.487 e. The highest BCUT2D eigenvalue weighted by atomic mass is 16.5. The predicted molar refractivity (Wildman–Crippen MR) is 124 cm³/mol. The largest absolute Gasteiger partial charge is 0.487 e. The molecule has 0 saturated heterocycles. The van der Waals surface area contributed by atoms with Gasteiger partial charge in [0.25, 0.3) is 0 Å². The fraction of sp³-hybridized carbons (Fsp3) is 0.154. The second-order valence-corrected chi connectivity index (χ2v) is 7.89. The Morgan fingerprint density at radius 2 is 1.78 bits per heavy atom. The van der Waals surface area contributed by atoms with E-state index in [1.54, 1.807) is 0 Å². The van der Waals surface area contributed by atoms with Gasteiger partial charge in [-0.3, -0.25) is 0 Å². The molecule has 1 atom stereocenters. The molecule has 6 heteroatoms. The van der Waals surface area contributed by atoms with Crippen LogP contribution < -0.4 is 4.74 Å². The third-order valence-corrected chi connectivity index (χ3v) is 5.57. The summed E-state index contributed by atoms with van der Waals surface area (Å²) in [5, 5.41) is 15.4. The minimum atomic E-state index is 0.357. The average molecular weight is 422 g/mol. The van der Waals surface area contributed by atoms with Crippen LogP contribution in [0, 0.1) is 0 Å². The number of para-hydroxylation sites is 1. The van der Waals surface area contributed by atoms with Gasteiger partial charge in [-0.05, 0) is 59.0 Å². The number of hydrogen-bond donors (Lipinski definition) is 1. The van der Waals surface area contributed by atoms with Crippen molar-refractivity contribution in [2.75, 3.05) is 0 Å². The summed E-state index contributed by atoms with van der Waals surface area (Å²) in [6.45, 7) is 2.68. The van der Waals surface area contributed by atoms with E-state index < -0.39 is 0 Å². The number of hydrogen-bond acceptors (Lipinski definition) is 5. The third-order valence-electron chi connectivity index (χ3n) is 5.57. The van der Waals surface area contributed by atoms with Gasteiger partial charge in [0.05, 0.1) is 11.2 Å². The molecule has 2 aromatic heterocycles. The molecule has 3 aromatic carbocycles. The maximum absolute atomic E-state index is 5.96. The highest BCUT2D eigenvalue weighted by Gasteiger charge is 2.10. The van der Waals surface area contributed by atoms with Crippen LogP contribution in [0.4, 0.5) is 0 Å². The summed E-state index contributed by atoms with van der Waals surface area (Å²) in [6.07, 6.45) is 0.933. The molecule has 158 valence electrons. The second-order valence-electron chi connectivity index (χ2n) is 7.89. The molecule has 0 spiro atoms. The fourth-order valence-corrected chi connectivity index (χ4v) is 3.81. The summed E-state index contributed by atoms with van der Waals surface area (Å²) in [6, 6.07) is 28.8. The molecule has 2 heterocycles. The number of H-pyrrole nitrogens is 1. The van der Waals surface area contributed by atoms with E-state index in [0.29, 0.717) is 18.3 Å². The Balaban J connectivity index is 1.21. The van der Waals surface area contributed by atoms with Crippen LogP contribution in [0.3, 0.4) is 0 Å². The van der Waals surface area contributed by atoms with Crippen molar-refractivity contribution >= 4 is 10.9 Å². The van der Waals surface area contributed by atoms with Gasteiger partial charge in [0.2, 0.25) is 5.82 Å². The first-order valence-corrected chi connectivity index (χ1v) is 10.6. The van der Waals surface area contributed by atoms with Gasteiger partial charge >= 0.3 is 0 Å². The lowest BCUT2D eigenvalue weighted by atomic mass is 9.92. The van der Waals surface area contributed by atoms with E-state index >= 15 is 0 Å². The molecule has 5 rings (SSSR count). The lowest BCUT2D eigenvalue weighted by molar-refractivity contribution is 0.301. The molecule has 0 saturated carbocycles. The molecule has 1 N–H and O–H groups in total. The number of nitrogens with one attached hydrogen (secondary N) is 1. The predicted octanol–water partition coefficient (Wildman–Crippen LogP) is 5.34. The normalized spacial score (nSPS) is 12.0. The minimum absolute atomic E-state index is 0.357. The first-order valence-electron chi connectivity index (χ1n) is 10.6. The second kappa shape index (κ2) is 8.98. The van der Waals surface area contributed by atoms with Crippen LogP contribution >= 0.6 is 0 Å². The zero-order chi connectivity index (χ0) is 21.8. The standard InChI is InChI=1S/C26H23N5O/c1-18(21-6-4-7-22(16-21)26-28-30-31-29-26)15-19-9-13-24(14-10-19)32-17-23-12-11-20-5-2-3-8-25(20)27-23/h2-14,16,18H,15,17H2,1H3,(H,28,29,30,31). The zero-order valence-electron chi connectivity index (χ0n) is 17.8. The number of benzene rings is 3.